The Morgan fingerprint density at radius 3 is 2.43 bits per heavy atom. The first-order chi connectivity index (χ1) is 16.9. The van der Waals surface area contributed by atoms with Gasteiger partial charge in [0.15, 0.2) is 0 Å². The van der Waals surface area contributed by atoms with E-state index in [1.807, 2.05) is 81.6 Å². The van der Waals surface area contributed by atoms with Crippen LogP contribution in [0.15, 0.2) is 79.3 Å². The molecule has 0 spiro atoms. The van der Waals surface area contributed by atoms with Crippen molar-refractivity contribution in [1.29, 1.82) is 0 Å². The Hall–Kier alpha value is -4.52. The monoisotopic (exact) mass is 465 g/mol. The van der Waals surface area contributed by atoms with E-state index in [9.17, 15) is 9.59 Å². The summed E-state index contributed by atoms with van der Waals surface area (Å²) < 4.78 is 1.76. The molecule has 0 saturated heterocycles. The molecule has 0 radical (unpaired) electrons. The number of aromatic nitrogens is 3. The van der Waals surface area contributed by atoms with Gasteiger partial charge in [0.1, 0.15) is 5.69 Å². The van der Waals surface area contributed by atoms with Gasteiger partial charge >= 0.3 is 0 Å². The van der Waals surface area contributed by atoms with Crippen LogP contribution in [0.1, 0.15) is 22.3 Å². The lowest BCUT2D eigenvalue weighted by atomic mass is 10.1. The van der Waals surface area contributed by atoms with Gasteiger partial charge in [-0.1, -0.05) is 35.9 Å². The summed E-state index contributed by atoms with van der Waals surface area (Å²) in [5.41, 5.74) is 7.09. The van der Waals surface area contributed by atoms with Crippen molar-refractivity contribution in [3.8, 4) is 16.9 Å². The van der Waals surface area contributed by atoms with Gasteiger partial charge in [-0.3, -0.25) is 14.6 Å². The fourth-order valence-electron chi connectivity index (χ4n) is 3.90. The van der Waals surface area contributed by atoms with Crippen LogP contribution < -0.4 is 10.6 Å². The van der Waals surface area contributed by atoms with Crippen molar-refractivity contribution < 1.29 is 9.59 Å². The number of para-hydroxylation sites is 1. The normalized spacial score (nSPS) is 10.9. The van der Waals surface area contributed by atoms with Gasteiger partial charge in [0, 0.05) is 41.5 Å². The summed E-state index contributed by atoms with van der Waals surface area (Å²) in [6.07, 6.45) is 8.38. The maximum Gasteiger partial charge on any atom is 0.244 e. The highest BCUT2D eigenvalue weighted by atomic mass is 16.2. The van der Waals surface area contributed by atoms with Gasteiger partial charge in [0.2, 0.25) is 11.8 Å². The third-order valence-corrected chi connectivity index (χ3v) is 5.48. The lowest BCUT2D eigenvalue weighted by molar-refractivity contribution is -0.121. The lowest BCUT2D eigenvalue weighted by Gasteiger charge is -2.13. The zero-order valence-corrected chi connectivity index (χ0v) is 19.9. The molecule has 0 aliphatic carbocycles. The number of rotatable bonds is 7. The van der Waals surface area contributed by atoms with Crippen molar-refractivity contribution in [2.45, 2.75) is 20.8 Å². The van der Waals surface area contributed by atoms with E-state index in [0.717, 1.165) is 39.2 Å². The molecule has 0 unspecified atom stereocenters. The minimum Gasteiger partial charge on any atom is -0.343 e. The average Bonchev–Trinajstić information content (AvgIpc) is 3.29. The summed E-state index contributed by atoms with van der Waals surface area (Å²) in [4.78, 5) is 29.1. The van der Waals surface area contributed by atoms with Crippen LogP contribution in [0.3, 0.4) is 0 Å². The number of hydrogen-bond donors (Lipinski definition) is 2. The number of pyridine rings is 1. The Bertz CT molecular complexity index is 1350. The molecule has 2 heterocycles. The van der Waals surface area contributed by atoms with E-state index in [1.54, 1.807) is 23.2 Å². The lowest BCUT2D eigenvalue weighted by Crippen LogP contribution is -2.32. The van der Waals surface area contributed by atoms with Crippen LogP contribution in [0.4, 0.5) is 5.69 Å². The minimum atomic E-state index is -0.373. The summed E-state index contributed by atoms with van der Waals surface area (Å²) in [7, 11) is 0. The van der Waals surface area contributed by atoms with Gasteiger partial charge in [-0.15, -0.1) is 0 Å². The van der Waals surface area contributed by atoms with E-state index >= 15 is 0 Å². The maximum absolute atomic E-state index is 12.5. The molecular weight excluding hydrogens is 438 g/mol. The van der Waals surface area contributed by atoms with Gasteiger partial charge in [-0.2, -0.15) is 5.10 Å². The number of nitrogens with zero attached hydrogens (tertiary/aromatic N) is 3. The van der Waals surface area contributed by atoms with E-state index < -0.39 is 0 Å². The molecule has 0 saturated carbocycles. The highest BCUT2D eigenvalue weighted by Gasteiger charge is 2.12. The standard InChI is InChI=1S/C28H27N5O2/c1-19-14-20(2)27(21(3)15-19)31-26(35)17-30-25(34)12-11-23-18-33(24-9-5-4-6-10-24)32-28(23)22-8-7-13-29-16-22/h4-16,18H,17H2,1-3H3,(H,30,34)(H,31,35). The highest BCUT2D eigenvalue weighted by Crippen LogP contribution is 2.24. The van der Waals surface area contributed by atoms with Crippen molar-refractivity contribution >= 4 is 23.6 Å². The topological polar surface area (TPSA) is 88.9 Å². The molecule has 2 aromatic heterocycles. The molecular formula is C28H27N5O2. The van der Waals surface area contributed by atoms with Crippen LogP contribution >= 0.6 is 0 Å². The molecule has 2 amide bonds. The molecule has 4 rings (SSSR count). The number of amides is 2. The van der Waals surface area contributed by atoms with Crippen molar-refractivity contribution in [3.63, 3.8) is 0 Å². The number of carbonyl (C=O) groups excluding carboxylic acids is 2. The number of carbonyl (C=O) groups is 2. The van der Waals surface area contributed by atoms with Crippen molar-refractivity contribution in [2.75, 3.05) is 11.9 Å². The molecule has 0 bridgehead atoms. The third-order valence-electron chi connectivity index (χ3n) is 5.48. The molecule has 0 aliphatic heterocycles. The first-order valence-electron chi connectivity index (χ1n) is 11.3. The highest BCUT2D eigenvalue weighted by molar-refractivity contribution is 5.99. The molecule has 2 aromatic carbocycles. The molecule has 4 aromatic rings. The average molecular weight is 466 g/mol. The summed E-state index contributed by atoms with van der Waals surface area (Å²) in [6.45, 7) is 5.79. The van der Waals surface area contributed by atoms with Gasteiger partial charge in [0.25, 0.3) is 0 Å². The van der Waals surface area contributed by atoms with Crippen LogP contribution in [0, 0.1) is 20.8 Å². The molecule has 7 nitrogen and oxygen atoms in total. The molecule has 0 atom stereocenters. The Morgan fingerprint density at radius 2 is 1.74 bits per heavy atom. The Morgan fingerprint density at radius 1 is 1.00 bits per heavy atom. The fourth-order valence-corrected chi connectivity index (χ4v) is 3.90. The second-order valence-electron chi connectivity index (χ2n) is 8.33. The summed E-state index contributed by atoms with van der Waals surface area (Å²) >= 11 is 0. The molecule has 2 N–H and O–H groups in total. The Kier molecular flexibility index (Phi) is 7.16. The Balaban J connectivity index is 1.46. The summed E-state index contributed by atoms with van der Waals surface area (Å²) in [5, 5.41) is 10.2. The fraction of sp³-hybridized carbons (Fsp3) is 0.143. The van der Waals surface area contributed by atoms with Crippen LogP contribution in [0.2, 0.25) is 0 Å². The third kappa shape index (κ3) is 5.89. The summed E-state index contributed by atoms with van der Waals surface area (Å²) in [6, 6.07) is 17.5. The second-order valence-corrected chi connectivity index (χ2v) is 8.33. The SMILES string of the molecule is Cc1cc(C)c(NC(=O)CNC(=O)C=Cc2cn(-c3ccccc3)nc2-c2cccnc2)c(C)c1. The van der Waals surface area contributed by atoms with E-state index in [1.165, 1.54) is 6.08 Å². The number of benzene rings is 2. The van der Waals surface area contributed by atoms with E-state index in [-0.39, 0.29) is 18.4 Å². The van der Waals surface area contributed by atoms with Crippen LogP contribution in [-0.2, 0) is 9.59 Å². The van der Waals surface area contributed by atoms with Gasteiger partial charge in [-0.25, -0.2) is 4.68 Å². The van der Waals surface area contributed by atoms with Crippen LogP contribution in [-0.4, -0.2) is 33.1 Å². The first kappa shape index (κ1) is 23.6. The number of aryl methyl sites for hydroxylation is 3. The van der Waals surface area contributed by atoms with E-state index in [0.29, 0.717) is 5.69 Å². The van der Waals surface area contributed by atoms with Gasteiger partial charge < -0.3 is 10.6 Å². The molecule has 0 aliphatic rings. The summed E-state index contributed by atoms with van der Waals surface area (Å²) in [5.74, 6) is -0.656. The predicted octanol–water partition coefficient (Wildman–Crippen LogP) is 4.63. The molecule has 0 fully saturated rings. The van der Waals surface area contributed by atoms with Gasteiger partial charge in [-0.05, 0) is 62.2 Å². The van der Waals surface area contributed by atoms with Crippen LogP contribution in [0.5, 0.6) is 0 Å². The Labute approximate surface area is 204 Å². The maximum atomic E-state index is 12.5. The smallest absolute Gasteiger partial charge is 0.244 e. The van der Waals surface area contributed by atoms with Crippen molar-refractivity contribution in [3.05, 3.63) is 102 Å². The van der Waals surface area contributed by atoms with E-state index in [2.05, 4.69) is 15.6 Å². The first-order valence-corrected chi connectivity index (χ1v) is 11.3. The van der Waals surface area contributed by atoms with Crippen molar-refractivity contribution in [2.24, 2.45) is 0 Å². The van der Waals surface area contributed by atoms with Gasteiger partial charge in [0.05, 0.1) is 12.2 Å². The number of nitrogens with one attached hydrogen (secondary N) is 2. The molecule has 35 heavy (non-hydrogen) atoms. The largest absolute Gasteiger partial charge is 0.343 e. The molecule has 176 valence electrons. The second kappa shape index (κ2) is 10.6. The van der Waals surface area contributed by atoms with Crippen molar-refractivity contribution in [1.82, 2.24) is 20.1 Å². The van der Waals surface area contributed by atoms with Crippen LogP contribution in [0.25, 0.3) is 23.0 Å². The zero-order chi connectivity index (χ0) is 24.8. The zero-order valence-electron chi connectivity index (χ0n) is 19.9. The minimum absolute atomic E-state index is 0.130. The number of anilines is 1. The number of hydrogen-bond acceptors (Lipinski definition) is 4. The predicted molar refractivity (Wildman–Crippen MR) is 138 cm³/mol. The van der Waals surface area contributed by atoms with E-state index in [4.69, 9.17) is 5.10 Å². The quantitative estimate of drug-likeness (QED) is 0.390. The molecule has 7 heteroatoms.